The highest BCUT2D eigenvalue weighted by Gasteiger charge is 2.33. The maximum Gasteiger partial charge on any atom is 0.243 e. The van der Waals surface area contributed by atoms with Gasteiger partial charge in [0.25, 0.3) is 0 Å². The molecule has 7 heteroatoms. The number of hydrogen-bond donors (Lipinski definition) is 1. The van der Waals surface area contributed by atoms with Crippen molar-refractivity contribution >= 4 is 27.2 Å². The Morgan fingerprint density at radius 1 is 1.40 bits per heavy atom. The zero-order valence-electron chi connectivity index (χ0n) is 11.0. The molecule has 0 heterocycles. The highest BCUT2D eigenvalue weighted by Crippen LogP contribution is 2.28. The van der Waals surface area contributed by atoms with Gasteiger partial charge in [0.2, 0.25) is 10.0 Å². The minimum absolute atomic E-state index is 0.00114. The van der Waals surface area contributed by atoms with Crippen molar-refractivity contribution in [3.8, 4) is 0 Å². The average molecular weight is 316 g/mol. The summed E-state index contributed by atoms with van der Waals surface area (Å²) in [6.07, 6.45) is 3.54. The summed E-state index contributed by atoms with van der Waals surface area (Å²) in [5.41, 5.74) is 5.52. The van der Waals surface area contributed by atoms with Gasteiger partial charge in [0.1, 0.15) is 5.82 Å². The van der Waals surface area contributed by atoms with E-state index in [0.717, 1.165) is 31.7 Å². The quantitative estimate of drug-likeness (QED) is 0.845. The first kappa shape index (κ1) is 15.3. The molecular formula is C13H17FN2O2S2. The van der Waals surface area contributed by atoms with Crippen molar-refractivity contribution in [3.63, 3.8) is 0 Å². The van der Waals surface area contributed by atoms with Gasteiger partial charge in [-0.2, -0.15) is 4.31 Å². The number of nitrogens with two attached hydrogens (primary N) is 1. The first-order valence-corrected chi connectivity index (χ1v) is 8.32. The average Bonchev–Trinajstić information content (AvgIpc) is 2.89. The standard InChI is InChI=1S/C13H17FN2O2S2/c14-10-4-3-7-12(8-10)20(17,18)16(9-13(15)19)11-5-1-2-6-11/h3-4,7-8,11H,1-2,5-6,9H2,(H2,15,19). The van der Waals surface area contributed by atoms with Crippen LogP contribution in [-0.2, 0) is 10.0 Å². The van der Waals surface area contributed by atoms with E-state index in [9.17, 15) is 12.8 Å². The maximum atomic E-state index is 13.3. The van der Waals surface area contributed by atoms with Gasteiger partial charge in [0.05, 0.1) is 16.4 Å². The van der Waals surface area contributed by atoms with Crippen molar-refractivity contribution in [2.75, 3.05) is 6.54 Å². The van der Waals surface area contributed by atoms with E-state index in [0.29, 0.717) is 0 Å². The largest absolute Gasteiger partial charge is 0.392 e. The molecule has 0 spiro atoms. The lowest BCUT2D eigenvalue weighted by Crippen LogP contribution is -2.43. The van der Waals surface area contributed by atoms with Gasteiger partial charge in [-0.15, -0.1) is 0 Å². The number of nitrogens with zero attached hydrogens (tertiary/aromatic N) is 1. The summed E-state index contributed by atoms with van der Waals surface area (Å²) in [6, 6.07) is 4.91. The third kappa shape index (κ3) is 3.34. The number of sulfonamides is 1. The summed E-state index contributed by atoms with van der Waals surface area (Å²) in [6.45, 7) is -0.00114. The van der Waals surface area contributed by atoms with Crippen LogP contribution >= 0.6 is 12.2 Å². The summed E-state index contributed by atoms with van der Waals surface area (Å²) in [5, 5.41) is 0. The molecule has 0 aromatic heterocycles. The van der Waals surface area contributed by atoms with Crippen molar-refractivity contribution in [2.45, 2.75) is 36.6 Å². The molecule has 110 valence electrons. The molecule has 0 bridgehead atoms. The molecule has 1 aromatic carbocycles. The first-order valence-electron chi connectivity index (χ1n) is 6.47. The highest BCUT2D eigenvalue weighted by molar-refractivity contribution is 7.89. The predicted octanol–water partition coefficient (Wildman–Crippen LogP) is 2.05. The van der Waals surface area contributed by atoms with E-state index in [1.165, 1.54) is 22.5 Å². The number of benzene rings is 1. The van der Waals surface area contributed by atoms with Crippen LogP contribution in [0.5, 0.6) is 0 Å². The lowest BCUT2D eigenvalue weighted by molar-refractivity contribution is 0.355. The van der Waals surface area contributed by atoms with E-state index in [4.69, 9.17) is 18.0 Å². The fourth-order valence-electron chi connectivity index (χ4n) is 2.52. The van der Waals surface area contributed by atoms with E-state index in [1.807, 2.05) is 0 Å². The second-order valence-corrected chi connectivity index (χ2v) is 7.33. The molecule has 2 rings (SSSR count). The zero-order chi connectivity index (χ0) is 14.8. The molecular weight excluding hydrogens is 299 g/mol. The molecule has 1 aliphatic carbocycles. The van der Waals surface area contributed by atoms with Gasteiger partial charge >= 0.3 is 0 Å². The topological polar surface area (TPSA) is 63.4 Å². The zero-order valence-corrected chi connectivity index (χ0v) is 12.6. The van der Waals surface area contributed by atoms with E-state index in [2.05, 4.69) is 0 Å². The monoisotopic (exact) mass is 316 g/mol. The van der Waals surface area contributed by atoms with Crippen LogP contribution in [0.3, 0.4) is 0 Å². The minimum atomic E-state index is -3.78. The first-order chi connectivity index (χ1) is 9.41. The fourth-order valence-corrected chi connectivity index (χ4v) is 4.44. The van der Waals surface area contributed by atoms with Crippen molar-refractivity contribution in [3.05, 3.63) is 30.1 Å². The maximum absolute atomic E-state index is 13.3. The molecule has 2 N–H and O–H groups in total. The van der Waals surface area contributed by atoms with Crippen molar-refractivity contribution < 1.29 is 12.8 Å². The molecule has 0 amide bonds. The Morgan fingerprint density at radius 3 is 2.60 bits per heavy atom. The van der Waals surface area contributed by atoms with Crippen LogP contribution in [0.25, 0.3) is 0 Å². The van der Waals surface area contributed by atoms with Crippen LogP contribution in [-0.4, -0.2) is 30.3 Å². The molecule has 1 saturated carbocycles. The number of rotatable bonds is 5. The molecule has 4 nitrogen and oxygen atoms in total. The van der Waals surface area contributed by atoms with Gasteiger partial charge in [0, 0.05) is 6.04 Å². The number of hydrogen-bond acceptors (Lipinski definition) is 3. The molecule has 1 aliphatic rings. The third-order valence-electron chi connectivity index (χ3n) is 3.45. The molecule has 0 unspecified atom stereocenters. The van der Waals surface area contributed by atoms with Gasteiger partial charge in [-0.1, -0.05) is 31.1 Å². The predicted molar refractivity (Wildman–Crippen MR) is 79.3 cm³/mol. The van der Waals surface area contributed by atoms with Crippen LogP contribution in [0.2, 0.25) is 0 Å². The summed E-state index contributed by atoms with van der Waals surface area (Å²) < 4.78 is 39.9. The van der Waals surface area contributed by atoms with Gasteiger partial charge in [0.15, 0.2) is 0 Å². The number of halogens is 1. The van der Waals surface area contributed by atoms with E-state index in [-0.39, 0.29) is 22.5 Å². The molecule has 0 atom stereocenters. The van der Waals surface area contributed by atoms with Gasteiger partial charge in [-0.05, 0) is 31.0 Å². The Balaban J connectivity index is 2.37. The Bertz CT molecular complexity index is 598. The van der Waals surface area contributed by atoms with Crippen molar-refractivity contribution in [1.82, 2.24) is 4.31 Å². The summed E-state index contributed by atoms with van der Waals surface area (Å²) >= 11 is 4.85. The summed E-state index contributed by atoms with van der Waals surface area (Å²) in [5.74, 6) is -0.576. The second kappa shape index (κ2) is 6.15. The lowest BCUT2D eigenvalue weighted by atomic mass is 10.2. The Hall–Kier alpha value is -1.05. The van der Waals surface area contributed by atoms with Crippen LogP contribution in [0.15, 0.2) is 29.2 Å². The lowest BCUT2D eigenvalue weighted by Gasteiger charge is -2.27. The minimum Gasteiger partial charge on any atom is -0.392 e. The molecule has 0 saturated heterocycles. The molecule has 1 fully saturated rings. The van der Waals surface area contributed by atoms with Crippen LogP contribution in [0, 0.1) is 5.82 Å². The Labute approximate surface area is 123 Å². The van der Waals surface area contributed by atoms with Gasteiger partial charge in [-0.25, -0.2) is 12.8 Å². The van der Waals surface area contributed by atoms with Crippen molar-refractivity contribution in [2.24, 2.45) is 5.73 Å². The van der Waals surface area contributed by atoms with Gasteiger partial charge < -0.3 is 5.73 Å². The van der Waals surface area contributed by atoms with E-state index >= 15 is 0 Å². The van der Waals surface area contributed by atoms with Crippen LogP contribution in [0.1, 0.15) is 25.7 Å². The van der Waals surface area contributed by atoms with Crippen LogP contribution in [0.4, 0.5) is 4.39 Å². The molecule has 0 aliphatic heterocycles. The van der Waals surface area contributed by atoms with Crippen LogP contribution < -0.4 is 5.73 Å². The fraction of sp³-hybridized carbons (Fsp3) is 0.462. The second-order valence-electron chi connectivity index (χ2n) is 4.91. The summed E-state index contributed by atoms with van der Waals surface area (Å²) in [7, 11) is -3.78. The highest BCUT2D eigenvalue weighted by atomic mass is 32.2. The van der Waals surface area contributed by atoms with Crippen molar-refractivity contribution in [1.29, 1.82) is 0 Å². The SMILES string of the molecule is NC(=S)CN(C1CCCC1)S(=O)(=O)c1cccc(F)c1. The third-order valence-corrected chi connectivity index (χ3v) is 5.47. The van der Waals surface area contributed by atoms with E-state index in [1.54, 1.807) is 0 Å². The number of thiocarbonyl (C=S) groups is 1. The normalized spacial score (nSPS) is 16.7. The van der Waals surface area contributed by atoms with E-state index < -0.39 is 15.8 Å². The molecule has 1 aromatic rings. The summed E-state index contributed by atoms with van der Waals surface area (Å²) in [4.78, 5) is 0.0672. The molecule has 20 heavy (non-hydrogen) atoms. The Morgan fingerprint density at radius 2 is 2.05 bits per heavy atom. The Kier molecular flexibility index (Phi) is 4.72. The molecule has 0 radical (unpaired) electrons. The smallest absolute Gasteiger partial charge is 0.243 e. The van der Waals surface area contributed by atoms with Gasteiger partial charge in [-0.3, -0.25) is 0 Å².